The molecule has 1 fully saturated rings. The van der Waals surface area contributed by atoms with Crippen LogP contribution in [0.3, 0.4) is 0 Å². The number of hydrogen-bond acceptors (Lipinski definition) is 1. The molecule has 0 atom stereocenters. The summed E-state index contributed by atoms with van der Waals surface area (Å²) in [5.41, 5.74) is 0.242. The summed E-state index contributed by atoms with van der Waals surface area (Å²) in [7, 11) is 0. The van der Waals surface area contributed by atoms with Crippen molar-refractivity contribution >= 4 is 0 Å². The van der Waals surface area contributed by atoms with Crippen LogP contribution in [-0.4, -0.2) is 30.2 Å². The minimum atomic E-state index is -0.146. The van der Waals surface area contributed by atoms with Gasteiger partial charge in [0.1, 0.15) is 0 Å². The largest absolute Gasteiger partial charge is 0.298 e. The number of likely N-dealkylation sites (tertiary alicyclic amines) is 1. The maximum absolute atomic E-state index is 12.0. The molecule has 0 aromatic heterocycles. The topological polar surface area (TPSA) is 3.24 Å². The Labute approximate surface area is 62.2 Å². The highest BCUT2D eigenvalue weighted by atomic mass is 19.1. The average molecular weight is 145 g/mol. The highest BCUT2D eigenvalue weighted by molar-refractivity contribution is 4.87. The first-order valence-corrected chi connectivity index (χ1v) is 3.85. The highest BCUT2D eigenvalue weighted by Crippen LogP contribution is 2.24. The molecule has 0 N–H and O–H groups in total. The van der Waals surface area contributed by atoms with Crippen LogP contribution >= 0.6 is 0 Å². The predicted molar refractivity (Wildman–Crippen MR) is 40.8 cm³/mol. The van der Waals surface area contributed by atoms with Gasteiger partial charge in [-0.15, -0.1) is 0 Å². The van der Waals surface area contributed by atoms with E-state index < -0.39 is 0 Å². The summed E-state index contributed by atoms with van der Waals surface area (Å²) in [6.07, 6.45) is 0. The van der Waals surface area contributed by atoms with Gasteiger partial charge < -0.3 is 0 Å². The molecule has 0 aliphatic carbocycles. The third-order valence-electron chi connectivity index (χ3n) is 2.12. The van der Waals surface area contributed by atoms with E-state index in [0.717, 1.165) is 13.1 Å². The quantitative estimate of drug-likeness (QED) is 0.542. The van der Waals surface area contributed by atoms with E-state index in [-0.39, 0.29) is 12.2 Å². The van der Waals surface area contributed by atoms with Crippen LogP contribution in [-0.2, 0) is 0 Å². The van der Waals surface area contributed by atoms with E-state index in [1.54, 1.807) is 0 Å². The molecule has 0 aromatic carbocycles. The summed E-state index contributed by atoms with van der Waals surface area (Å²) in [6.45, 7) is 8.25. The molecule has 1 rings (SSSR count). The molecule has 0 radical (unpaired) electrons. The van der Waals surface area contributed by atoms with Gasteiger partial charge in [0.15, 0.2) is 0 Å². The van der Waals surface area contributed by atoms with Crippen LogP contribution in [0.2, 0.25) is 0 Å². The van der Waals surface area contributed by atoms with Gasteiger partial charge in [-0.1, -0.05) is 0 Å². The van der Waals surface area contributed by atoms with Gasteiger partial charge in [-0.25, -0.2) is 0 Å². The Morgan fingerprint density at radius 3 is 2.20 bits per heavy atom. The summed E-state index contributed by atoms with van der Waals surface area (Å²) >= 11 is 0. The Morgan fingerprint density at radius 1 is 1.40 bits per heavy atom. The standard InChI is InChI=1S/C8H16FN/c1-8(2,3)10-5-7(4-9)6-10/h7H,4-6H2,1-3H3. The van der Waals surface area contributed by atoms with Crippen molar-refractivity contribution < 1.29 is 4.39 Å². The second-order valence-corrected chi connectivity index (χ2v) is 4.10. The van der Waals surface area contributed by atoms with Gasteiger partial charge in [0, 0.05) is 24.5 Å². The first-order chi connectivity index (χ1) is 4.54. The Morgan fingerprint density at radius 2 is 1.90 bits per heavy atom. The average Bonchev–Trinajstić information content (AvgIpc) is 1.57. The number of rotatable bonds is 1. The van der Waals surface area contributed by atoms with Crippen molar-refractivity contribution in [1.29, 1.82) is 0 Å². The van der Waals surface area contributed by atoms with E-state index in [4.69, 9.17) is 0 Å². The van der Waals surface area contributed by atoms with Crippen molar-refractivity contribution in [1.82, 2.24) is 4.90 Å². The number of alkyl halides is 1. The molecule has 1 saturated heterocycles. The zero-order chi connectivity index (χ0) is 7.78. The molecule has 60 valence electrons. The number of hydrogen-bond donors (Lipinski definition) is 0. The molecule has 0 amide bonds. The zero-order valence-electron chi connectivity index (χ0n) is 7.02. The molecule has 0 aromatic rings. The van der Waals surface area contributed by atoms with E-state index in [0.29, 0.717) is 5.92 Å². The minimum absolute atomic E-state index is 0.146. The third kappa shape index (κ3) is 1.48. The fourth-order valence-corrected chi connectivity index (χ4v) is 1.22. The lowest BCUT2D eigenvalue weighted by molar-refractivity contribution is 0.00394. The van der Waals surface area contributed by atoms with Crippen molar-refractivity contribution in [3.63, 3.8) is 0 Å². The van der Waals surface area contributed by atoms with E-state index in [1.807, 2.05) is 0 Å². The lowest BCUT2D eigenvalue weighted by atomic mass is 9.94. The lowest BCUT2D eigenvalue weighted by Gasteiger charge is -2.46. The smallest absolute Gasteiger partial charge is 0.0947 e. The molecule has 1 aliphatic rings. The van der Waals surface area contributed by atoms with E-state index >= 15 is 0 Å². The van der Waals surface area contributed by atoms with Crippen LogP contribution < -0.4 is 0 Å². The molecule has 1 aliphatic heterocycles. The van der Waals surface area contributed by atoms with Crippen LogP contribution in [0.25, 0.3) is 0 Å². The fourth-order valence-electron chi connectivity index (χ4n) is 1.22. The third-order valence-corrected chi connectivity index (χ3v) is 2.12. The van der Waals surface area contributed by atoms with Gasteiger partial charge in [0.2, 0.25) is 0 Å². The highest BCUT2D eigenvalue weighted by Gasteiger charge is 2.33. The van der Waals surface area contributed by atoms with Gasteiger partial charge in [-0.05, 0) is 20.8 Å². The molecule has 1 heterocycles. The fraction of sp³-hybridized carbons (Fsp3) is 1.00. The van der Waals surface area contributed by atoms with Crippen molar-refractivity contribution in [2.24, 2.45) is 5.92 Å². The minimum Gasteiger partial charge on any atom is -0.298 e. The van der Waals surface area contributed by atoms with Crippen LogP contribution in [0.1, 0.15) is 20.8 Å². The SMILES string of the molecule is CC(C)(C)N1CC(CF)C1. The van der Waals surface area contributed by atoms with E-state index in [9.17, 15) is 4.39 Å². The van der Waals surface area contributed by atoms with Crippen molar-refractivity contribution in [3.8, 4) is 0 Å². The van der Waals surface area contributed by atoms with Gasteiger partial charge in [-0.2, -0.15) is 0 Å². The Kier molecular flexibility index (Phi) is 1.99. The molecule has 0 unspecified atom stereocenters. The molecular formula is C8H16FN. The zero-order valence-corrected chi connectivity index (χ0v) is 7.02. The van der Waals surface area contributed by atoms with Crippen LogP contribution in [0.4, 0.5) is 4.39 Å². The van der Waals surface area contributed by atoms with Crippen molar-refractivity contribution in [2.45, 2.75) is 26.3 Å². The molecule has 2 heteroatoms. The van der Waals surface area contributed by atoms with Crippen molar-refractivity contribution in [3.05, 3.63) is 0 Å². The van der Waals surface area contributed by atoms with Crippen LogP contribution in [0.5, 0.6) is 0 Å². The summed E-state index contributed by atoms with van der Waals surface area (Å²) in [4.78, 5) is 2.30. The van der Waals surface area contributed by atoms with Gasteiger partial charge in [-0.3, -0.25) is 9.29 Å². The van der Waals surface area contributed by atoms with Gasteiger partial charge >= 0.3 is 0 Å². The number of halogens is 1. The van der Waals surface area contributed by atoms with E-state index in [2.05, 4.69) is 25.7 Å². The summed E-state index contributed by atoms with van der Waals surface area (Å²) in [5.74, 6) is 0.319. The molecule has 0 spiro atoms. The monoisotopic (exact) mass is 145 g/mol. The number of nitrogens with zero attached hydrogens (tertiary/aromatic N) is 1. The van der Waals surface area contributed by atoms with Crippen molar-refractivity contribution in [2.75, 3.05) is 19.8 Å². The van der Waals surface area contributed by atoms with Gasteiger partial charge in [0.05, 0.1) is 6.67 Å². The molecular weight excluding hydrogens is 129 g/mol. The lowest BCUT2D eigenvalue weighted by Crippen LogP contribution is -2.56. The first kappa shape index (κ1) is 7.99. The molecule has 10 heavy (non-hydrogen) atoms. The molecule has 1 nitrogen and oxygen atoms in total. The normalized spacial score (nSPS) is 22.8. The summed E-state index contributed by atoms with van der Waals surface area (Å²) in [6, 6.07) is 0. The predicted octanol–water partition coefficient (Wildman–Crippen LogP) is 1.69. The molecule has 0 saturated carbocycles. The van der Waals surface area contributed by atoms with Gasteiger partial charge in [0.25, 0.3) is 0 Å². The Balaban J connectivity index is 2.26. The van der Waals surface area contributed by atoms with E-state index in [1.165, 1.54) is 0 Å². The Bertz CT molecular complexity index is 111. The van der Waals surface area contributed by atoms with Crippen LogP contribution in [0, 0.1) is 5.92 Å². The van der Waals surface area contributed by atoms with Crippen LogP contribution in [0.15, 0.2) is 0 Å². The maximum atomic E-state index is 12.0. The Hall–Kier alpha value is -0.110. The second-order valence-electron chi connectivity index (χ2n) is 4.10. The molecule has 0 bridgehead atoms. The summed E-state index contributed by atoms with van der Waals surface area (Å²) < 4.78 is 12.0. The summed E-state index contributed by atoms with van der Waals surface area (Å²) in [5, 5.41) is 0. The maximum Gasteiger partial charge on any atom is 0.0947 e. The second kappa shape index (κ2) is 2.50. The first-order valence-electron chi connectivity index (χ1n) is 3.85.